The Kier molecular flexibility index (Phi) is 14.9. The van der Waals surface area contributed by atoms with Gasteiger partial charge in [0, 0.05) is 10.6 Å². The van der Waals surface area contributed by atoms with E-state index in [0.29, 0.717) is 0 Å². The predicted octanol–water partition coefficient (Wildman–Crippen LogP) is -1.79. The number of likely N-dealkylation sites (N-methyl/N-ethyl adjacent to an activating group) is 1. The molecule has 1 rings (SSSR count). The van der Waals surface area contributed by atoms with Crippen molar-refractivity contribution in [3.05, 3.63) is 21.8 Å². The number of primary amides is 1. The van der Waals surface area contributed by atoms with Crippen molar-refractivity contribution in [2.24, 2.45) is 5.73 Å². The standard InChI is InChI=1S/C21H30I3N3O10/c1-26(13(35)8-32)19-17(23)14(20(25)36)16(22)15(18(19)24)21(37)27(9(4-28)2-11(33)6-30)10(5-29)3-12(34)7-31/h9-12,28-34H,2-8H2,1H3,(H2,25,36). The monoisotopic (exact) mass is 865 g/mol. The minimum Gasteiger partial charge on any atom is -0.394 e. The highest BCUT2D eigenvalue weighted by Gasteiger charge is 2.38. The van der Waals surface area contributed by atoms with Gasteiger partial charge < -0.3 is 51.3 Å². The van der Waals surface area contributed by atoms with Gasteiger partial charge in [-0.05, 0) is 80.6 Å². The highest BCUT2D eigenvalue weighted by Crippen LogP contribution is 2.38. The van der Waals surface area contributed by atoms with E-state index in [0.717, 1.165) is 9.80 Å². The molecule has 13 nitrogen and oxygen atoms in total. The minimum atomic E-state index is -1.34. The van der Waals surface area contributed by atoms with Crippen molar-refractivity contribution < 1.29 is 50.1 Å². The van der Waals surface area contributed by atoms with Crippen molar-refractivity contribution in [1.82, 2.24) is 4.90 Å². The van der Waals surface area contributed by atoms with E-state index in [2.05, 4.69) is 0 Å². The van der Waals surface area contributed by atoms with E-state index < -0.39 is 75.0 Å². The van der Waals surface area contributed by atoms with Crippen LogP contribution < -0.4 is 10.6 Å². The molecule has 0 saturated heterocycles. The van der Waals surface area contributed by atoms with Gasteiger partial charge in [0.1, 0.15) is 6.61 Å². The molecular weight excluding hydrogens is 835 g/mol. The summed E-state index contributed by atoms with van der Waals surface area (Å²) in [7, 11) is 1.34. The number of aliphatic hydroxyl groups excluding tert-OH is 7. The molecule has 0 bridgehead atoms. The smallest absolute Gasteiger partial charge is 0.256 e. The normalized spacial score (nSPS) is 14.6. The number of benzene rings is 1. The van der Waals surface area contributed by atoms with Gasteiger partial charge in [-0.1, -0.05) is 0 Å². The van der Waals surface area contributed by atoms with E-state index in [1.54, 1.807) is 67.8 Å². The van der Waals surface area contributed by atoms with Crippen LogP contribution in [0.1, 0.15) is 33.6 Å². The second kappa shape index (κ2) is 16.0. The molecule has 0 fully saturated rings. The van der Waals surface area contributed by atoms with Gasteiger partial charge >= 0.3 is 0 Å². The Bertz CT molecular complexity index is 964. The molecule has 0 spiro atoms. The molecule has 210 valence electrons. The third kappa shape index (κ3) is 8.27. The molecule has 0 saturated carbocycles. The van der Waals surface area contributed by atoms with Gasteiger partial charge in [-0.15, -0.1) is 0 Å². The Morgan fingerprint density at radius 3 is 1.57 bits per heavy atom. The van der Waals surface area contributed by atoms with E-state index >= 15 is 0 Å². The topological polar surface area (TPSA) is 225 Å². The first kappa shape index (κ1) is 34.6. The Morgan fingerprint density at radius 1 is 0.784 bits per heavy atom. The maximum absolute atomic E-state index is 14.1. The number of carbonyl (C=O) groups is 3. The number of rotatable bonds is 14. The van der Waals surface area contributed by atoms with Crippen LogP contribution in [-0.2, 0) is 4.79 Å². The molecule has 4 unspecified atom stereocenters. The molecule has 0 aliphatic rings. The molecule has 0 aliphatic heterocycles. The Hall–Kier alpha value is -0.460. The van der Waals surface area contributed by atoms with Crippen LogP contribution in [-0.4, -0.2) is 123 Å². The van der Waals surface area contributed by atoms with Crippen molar-refractivity contribution in [2.75, 3.05) is 45.0 Å². The van der Waals surface area contributed by atoms with Crippen molar-refractivity contribution in [3.8, 4) is 0 Å². The zero-order chi connectivity index (χ0) is 28.6. The van der Waals surface area contributed by atoms with E-state index in [1.807, 2.05) is 0 Å². The lowest BCUT2D eigenvalue weighted by Crippen LogP contribution is -2.53. The zero-order valence-corrected chi connectivity index (χ0v) is 26.2. The number of aliphatic hydroxyl groups is 7. The summed E-state index contributed by atoms with van der Waals surface area (Å²) in [6.45, 7) is -3.61. The van der Waals surface area contributed by atoms with Gasteiger partial charge in [0.2, 0.25) is 0 Å². The number of anilines is 1. The fourth-order valence-electron chi connectivity index (χ4n) is 3.67. The van der Waals surface area contributed by atoms with Crippen LogP contribution in [0.25, 0.3) is 0 Å². The van der Waals surface area contributed by atoms with Crippen molar-refractivity contribution in [3.63, 3.8) is 0 Å². The number of amides is 3. The van der Waals surface area contributed by atoms with Crippen LogP contribution >= 0.6 is 67.8 Å². The van der Waals surface area contributed by atoms with Gasteiger partial charge in [-0.25, -0.2) is 0 Å². The first-order valence-corrected chi connectivity index (χ1v) is 14.1. The van der Waals surface area contributed by atoms with Crippen LogP contribution in [0, 0.1) is 10.7 Å². The van der Waals surface area contributed by atoms with Gasteiger partial charge in [-0.2, -0.15) is 0 Å². The van der Waals surface area contributed by atoms with E-state index in [4.69, 9.17) is 5.73 Å². The largest absolute Gasteiger partial charge is 0.394 e. The molecule has 1 aromatic carbocycles. The molecule has 0 aromatic heterocycles. The molecular formula is C21H30I3N3O10. The summed E-state index contributed by atoms with van der Waals surface area (Å²) in [5.41, 5.74) is 5.52. The summed E-state index contributed by atoms with van der Waals surface area (Å²) in [5.74, 6) is -2.48. The van der Waals surface area contributed by atoms with Crippen molar-refractivity contribution in [2.45, 2.75) is 37.1 Å². The first-order valence-electron chi connectivity index (χ1n) is 10.8. The third-order valence-corrected chi connectivity index (χ3v) is 8.73. The summed E-state index contributed by atoms with van der Waals surface area (Å²) in [6, 6.07) is -2.33. The molecule has 3 amide bonds. The van der Waals surface area contributed by atoms with E-state index in [-0.39, 0.29) is 40.4 Å². The van der Waals surface area contributed by atoms with Gasteiger partial charge in [0.25, 0.3) is 17.7 Å². The lowest BCUT2D eigenvalue weighted by molar-refractivity contribution is -0.121. The minimum absolute atomic E-state index is 0.0793. The van der Waals surface area contributed by atoms with Crippen LogP contribution in [0.5, 0.6) is 0 Å². The molecule has 1 aromatic rings. The SMILES string of the molecule is CN(C(=O)CO)c1c(I)c(C(N)=O)c(I)c(C(=O)N(C(CO)CC(O)CO)C(CO)CC(O)CO)c1I. The molecule has 4 atom stereocenters. The highest BCUT2D eigenvalue weighted by atomic mass is 127. The Labute approximate surface area is 254 Å². The zero-order valence-electron chi connectivity index (χ0n) is 19.7. The first-order chi connectivity index (χ1) is 17.3. The molecule has 0 radical (unpaired) electrons. The summed E-state index contributed by atoms with van der Waals surface area (Å²) < 4.78 is 0.547. The average molecular weight is 865 g/mol. The number of hydrogen-bond donors (Lipinski definition) is 8. The maximum atomic E-state index is 14.1. The number of nitrogens with two attached hydrogens (primary N) is 1. The van der Waals surface area contributed by atoms with Gasteiger partial charge in [0.05, 0.1) is 74.7 Å². The fraction of sp³-hybridized carbons (Fsp3) is 0.571. The number of nitrogens with zero attached hydrogens (tertiary/aromatic N) is 2. The van der Waals surface area contributed by atoms with Gasteiger partial charge in [0.15, 0.2) is 0 Å². The quantitative estimate of drug-likeness (QED) is 0.0981. The second-order valence-electron chi connectivity index (χ2n) is 8.05. The fourth-order valence-corrected chi connectivity index (χ4v) is 8.55. The van der Waals surface area contributed by atoms with Crippen molar-refractivity contribution in [1.29, 1.82) is 0 Å². The van der Waals surface area contributed by atoms with Crippen LogP contribution in [0.2, 0.25) is 0 Å². The van der Waals surface area contributed by atoms with E-state index in [9.17, 15) is 50.1 Å². The molecule has 37 heavy (non-hydrogen) atoms. The highest BCUT2D eigenvalue weighted by molar-refractivity contribution is 14.1. The molecule has 9 N–H and O–H groups in total. The van der Waals surface area contributed by atoms with Crippen molar-refractivity contribution >= 4 is 91.2 Å². The number of carbonyl (C=O) groups excluding carboxylic acids is 3. The summed E-state index contributed by atoms with van der Waals surface area (Å²) in [5, 5.41) is 68.3. The number of hydrogen-bond acceptors (Lipinski definition) is 10. The second-order valence-corrected chi connectivity index (χ2v) is 11.3. The summed E-state index contributed by atoms with van der Waals surface area (Å²) in [6.07, 6.45) is -3.29. The molecule has 0 aliphatic carbocycles. The average Bonchev–Trinajstić information content (AvgIpc) is 2.85. The maximum Gasteiger partial charge on any atom is 0.256 e. The third-order valence-electron chi connectivity index (χ3n) is 5.55. The molecule has 0 heterocycles. The summed E-state index contributed by atoms with van der Waals surface area (Å²) in [4.78, 5) is 40.9. The Balaban J connectivity index is 3.98. The van der Waals surface area contributed by atoms with Crippen LogP contribution in [0.4, 0.5) is 5.69 Å². The van der Waals surface area contributed by atoms with E-state index in [1.165, 1.54) is 7.05 Å². The predicted molar refractivity (Wildman–Crippen MR) is 157 cm³/mol. The van der Waals surface area contributed by atoms with Crippen LogP contribution in [0.3, 0.4) is 0 Å². The lowest BCUT2D eigenvalue weighted by atomic mass is 9.99. The Morgan fingerprint density at radius 2 is 1.22 bits per heavy atom. The van der Waals surface area contributed by atoms with Gasteiger partial charge in [-0.3, -0.25) is 14.4 Å². The lowest BCUT2D eigenvalue weighted by Gasteiger charge is -2.39. The number of halogens is 3. The molecule has 16 heteroatoms. The summed E-state index contributed by atoms with van der Waals surface area (Å²) >= 11 is 5.34. The van der Waals surface area contributed by atoms with Crippen LogP contribution in [0.15, 0.2) is 0 Å².